The summed E-state index contributed by atoms with van der Waals surface area (Å²) in [6.45, 7) is 6.05. The van der Waals surface area contributed by atoms with Crippen molar-refractivity contribution in [2.75, 3.05) is 10.8 Å². The fraction of sp³-hybridized carbons (Fsp3) is 0.200. The second kappa shape index (κ2) is 9.58. The van der Waals surface area contributed by atoms with Crippen LogP contribution < -0.4 is 15.8 Å². The summed E-state index contributed by atoms with van der Waals surface area (Å²) >= 11 is 6.18. The van der Waals surface area contributed by atoms with Crippen molar-refractivity contribution < 1.29 is 8.42 Å². The minimum absolute atomic E-state index is 0.0943. The summed E-state index contributed by atoms with van der Waals surface area (Å²) in [5.41, 5.74) is 11.5. The number of benzene rings is 2. The molecule has 0 unspecified atom stereocenters. The summed E-state index contributed by atoms with van der Waals surface area (Å²) in [7, 11) is -3.80. The average molecular weight is 434 g/mol. The lowest BCUT2D eigenvalue weighted by atomic mass is 10.1. The standard InChI is InChI=1S/C18H18ClN5O2S.C2H6/c1-2-24(12-6-4-3-5-7-12)27(25,26)13-8-9-14-15(10-13)17(23-18(20)21)22-11-16(14)19;1-2/h3-11H,2H2,1H3,(H4,20,21,22,23);1-2H3. The summed E-state index contributed by atoms with van der Waals surface area (Å²) in [6, 6.07) is 13.5. The number of hydrogen-bond donors (Lipinski definition) is 2. The molecular weight excluding hydrogens is 410 g/mol. The number of rotatable bonds is 5. The van der Waals surface area contributed by atoms with E-state index in [2.05, 4.69) is 9.98 Å². The molecule has 0 atom stereocenters. The van der Waals surface area contributed by atoms with Crippen LogP contribution in [-0.2, 0) is 10.0 Å². The van der Waals surface area contributed by atoms with Crippen LogP contribution >= 0.6 is 11.6 Å². The maximum absolute atomic E-state index is 13.2. The van der Waals surface area contributed by atoms with Gasteiger partial charge in [0, 0.05) is 23.5 Å². The molecule has 0 aliphatic rings. The minimum Gasteiger partial charge on any atom is -0.370 e. The molecule has 1 aromatic heterocycles. The summed E-state index contributed by atoms with van der Waals surface area (Å²) in [4.78, 5) is 8.17. The second-order valence-corrected chi connectivity index (χ2v) is 7.95. The van der Waals surface area contributed by atoms with E-state index >= 15 is 0 Å². The van der Waals surface area contributed by atoms with Gasteiger partial charge in [0.1, 0.15) is 0 Å². The molecule has 0 saturated carbocycles. The summed E-state index contributed by atoms with van der Waals surface area (Å²) in [5, 5.41) is 1.42. The van der Waals surface area contributed by atoms with Gasteiger partial charge in [0.15, 0.2) is 11.8 Å². The van der Waals surface area contributed by atoms with Gasteiger partial charge in [-0.15, -0.1) is 0 Å². The maximum Gasteiger partial charge on any atom is 0.264 e. The largest absolute Gasteiger partial charge is 0.370 e. The summed E-state index contributed by atoms with van der Waals surface area (Å²) in [6.07, 6.45) is 1.42. The number of fused-ring (bicyclic) bond motifs is 1. The van der Waals surface area contributed by atoms with Gasteiger partial charge >= 0.3 is 0 Å². The third kappa shape index (κ3) is 4.78. The van der Waals surface area contributed by atoms with Crippen LogP contribution in [0.15, 0.2) is 64.6 Å². The fourth-order valence-electron chi connectivity index (χ4n) is 2.76. The van der Waals surface area contributed by atoms with Crippen molar-refractivity contribution in [2.45, 2.75) is 25.7 Å². The molecule has 0 amide bonds. The van der Waals surface area contributed by atoms with E-state index in [-0.39, 0.29) is 23.2 Å². The summed E-state index contributed by atoms with van der Waals surface area (Å²) in [5.74, 6) is 0.0214. The van der Waals surface area contributed by atoms with Gasteiger partial charge in [-0.05, 0) is 31.2 Å². The molecule has 0 spiro atoms. The molecule has 0 fully saturated rings. The van der Waals surface area contributed by atoms with Crippen LogP contribution in [0.25, 0.3) is 10.8 Å². The SMILES string of the molecule is CC.CCN(c1ccccc1)S(=O)(=O)c1ccc2c(Cl)cnc(N=C(N)N)c2c1. The molecule has 29 heavy (non-hydrogen) atoms. The van der Waals surface area contributed by atoms with Gasteiger partial charge in [0.25, 0.3) is 10.0 Å². The predicted octanol–water partition coefficient (Wildman–Crippen LogP) is 4.03. The Labute approximate surface area is 176 Å². The maximum atomic E-state index is 13.2. The number of nitrogens with two attached hydrogens (primary N) is 2. The predicted molar refractivity (Wildman–Crippen MR) is 120 cm³/mol. The van der Waals surface area contributed by atoms with E-state index in [0.717, 1.165) is 0 Å². The van der Waals surface area contributed by atoms with Crippen molar-refractivity contribution in [3.05, 3.63) is 59.8 Å². The van der Waals surface area contributed by atoms with E-state index in [1.165, 1.54) is 22.6 Å². The zero-order chi connectivity index (χ0) is 21.6. The van der Waals surface area contributed by atoms with Crippen LogP contribution in [0.5, 0.6) is 0 Å². The van der Waals surface area contributed by atoms with Crippen LogP contribution in [-0.4, -0.2) is 25.9 Å². The molecule has 0 bridgehead atoms. The Morgan fingerprint density at radius 2 is 1.76 bits per heavy atom. The lowest BCUT2D eigenvalue weighted by Crippen LogP contribution is -2.30. The molecule has 7 nitrogen and oxygen atoms in total. The Hall–Kier alpha value is -2.84. The Balaban J connectivity index is 0.00000145. The number of guanidine groups is 1. The third-order valence-electron chi connectivity index (χ3n) is 3.94. The average Bonchev–Trinajstić information content (AvgIpc) is 2.72. The molecule has 0 aliphatic carbocycles. The number of hydrogen-bond acceptors (Lipinski definition) is 4. The van der Waals surface area contributed by atoms with Crippen LogP contribution in [0, 0.1) is 0 Å². The number of sulfonamides is 1. The number of anilines is 1. The second-order valence-electron chi connectivity index (χ2n) is 5.68. The van der Waals surface area contributed by atoms with Gasteiger partial charge in [-0.3, -0.25) is 4.31 Å². The number of halogens is 1. The molecule has 4 N–H and O–H groups in total. The molecule has 0 radical (unpaired) electrons. The zero-order valence-electron chi connectivity index (χ0n) is 16.5. The van der Waals surface area contributed by atoms with E-state index in [1.807, 2.05) is 19.9 Å². The smallest absolute Gasteiger partial charge is 0.264 e. The highest BCUT2D eigenvalue weighted by molar-refractivity contribution is 7.92. The number of nitrogens with zero attached hydrogens (tertiary/aromatic N) is 3. The lowest BCUT2D eigenvalue weighted by molar-refractivity contribution is 0.592. The van der Waals surface area contributed by atoms with E-state index < -0.39 is 10.0 Å². The van der Waals surface area contributed by atoms with Gasteiger partial charge in [-0.25, -0.2) is 13.4 Å². The Morgan fingerprint density at radius 3 is 2.34 bits per heavy atom. The van der Waals surface area contributed by atoms with Crippen molar-refractivity contribution in [1.29, 1.82) is 0 Å². The first-order valence-corrected chi connectivity index (χ1v) is 10.9. The zero-order valence-corrected chi connectivity index (χ0v) is 18.1. The molecule has 154 valence electrons. The van der Waals surface area contributed by atoms with E-state index in [0.29, 0.717) is 21.5 Å². The van der Waals surface area contributed by atoms with E-state index in [4.69, 9.17) is 23.1 Å². The first-order chi connectivity index (χ1) is 13.8. The molecule has 0 saturated heterocycles. The molecular formula is C20H24ClN5O2S. The highest BCUT2D eigenvalue weighted by Gasteiger charge is 2.24. The third-order valence-corrected chi connectivity index (χ3v) is 6.14. The lowest BCUT2D eigenvalue weighted by Gasteiger charge is -2.23. The molecule has 3 rings (SSSR count). The van der Waals surface area contributed by atoms with Gasteiger partial charge in [0.05, 0.1) is 15.6 Å². The highest BCUT2D eigenvalue weighted by atomic mass is 35.5. The highest BCUT2D eigenvalue weighted by Crippen LogP contribution is 2.33. The topological polar surface area (TPSA) is 115 Å². The van der Waals surface area contributed by atoms with Gasteiger partial charge in [-0.1, -0.05) is 49.7 Å². The van der Waals surface area contributed by atoms with Crippen molar-refractivity contribution in [3.63, 3.8) is 0 Å². The van der Waals surface area contributed by atoms with E-state index in [1.54, 1.807) is 37.3 Å². The molecule has 3 aromatic rings. The molecule has 0 aliphatic heterocycles. The molecule has 9 heteroatoms. The van der Waals surface area contributed by atoms with Crippen molar-refractivity contribution in [3.8, 4) is 0 Å². The Morgan fingerprint density at radius 1 is 1.10 bits per heavy atom. The van der Waals surface area contributed by atoms with E-state index in [9.17, 15) is 8.42 Å². The Kier molecular flexibility index (Phi) is 7.41. The summed E-state index contributed by atoms with van der Waals surface area (Å²) < 4.78 is 27.8. The monoisotopic (exact) mass is 433 g/mol. The van der Waals surface area contributed by atoms with Gasteiger partial charge < -0.3 is 11.5 Å². The fourth-order valence-corrected chi connectivity index (χ4v) is 4.47. The van der Waals surface area contributed by atoms with Gasteiger partial charge in [0.2, 0.25) is 0 Å². The number of aliphatic imine (C=N–C) groups is 1. The quantitative estimate of drug-likeness (QED) is 0.465. The molecule has 2 aromatic carbocycles. The Bertz CT molecular complexity index is 1110. The first-order valence-electron chi connectivity index (χ1n) is 9.10. The number of pyridine rings is 1. The number of aromatic nitrogens is 1. The first kappa shape index (κ1) is 22.4. The van der Waals surface area contributed by atoms with Crippen LogP contribution in [0.3, 0.4) is 0 Å². The number of para-hydroxylation sites is 1. The minimum atomic E-state index is -3.80. The van der Waals surface area contributed by atoms with Crippen molar-refractivity contribution in [2.24, 2.45) is 16.5 Å². The molecule has 1 heterocycles. The van der Waals surface area contributed by atoms with Crippen LogP contribution in [0.1, 0.15) is 20.8 Å². The van der Waals surface area contributed by atoms with Crippen LogP contribution in [0.4, 0.5) is 11.5 Å². The van der Waals surface area contributed by atoms with Crippen LogP contribution in [0.2, 0.25) is 5.02 Å². The van der Waals surface area contributed by atoms with Gasteiger partial charge in [-0.2, -0.15) is 4.99 Å². The van der Waals surface area contributed by atoms with Crippen molar-refractivity contribution in [1.82, 2.24) is 4.98 Å². The normalized spacial score (nSPS) is 10.8. The van der Waals surface area contributed by atoms with Crippen molar-refractivity contribution >= 4 is 49.9 Å².